The van der Waals surface area contributed by atoms with Crippen LogP contribution in [0, 0.1) is 34.5 Å². The summed E-state index contributed by atoms with van der Waals surface area (Å²) in [4.78, 5) is 13.7. The fourth-order valence-corrected chi connectivity index (χ4v) is 8.81. The molecule has 0 aromatic carbocycles. The third kappa shape index (κ3) is 4.25. The van der Waals surface area contributed by atoms with Gasteiger partial charge < -0.3 is 25.2 Å². The number of hydrogen-bond donors (Lipinski definition) is 4. The van der Waals surface area contributed by atoms with Crippen LogP contribution in [0.15, 0.2) is 11.1 Å². The maximum absolute atomic E-state index is 13.7. The zero-order valence-electron chi connectivity index (χ0n) is 22.8. The van der Waals surface area contributed by atoms with Gasteiger partial charge in [0.1, 0.15) is 5.78 Å². The number of methoxy groups -OCH3 is 1. The molecule has 0 aromatic heterocycles. The number of hydrogen-bond acceptors (Lipinski definition) is 6. The lowest BCUT2D eigenvalue weighted by Gasteiger charge is -2.59. The molecule has 0 heterocycles. The summed E-state index contributed by atoms with van der Waals surface area (Å²) in [7, 11) is 1.65. The number of carbonyl (C=O) groups excluding carboxylic acids is 1. The summed E-state index contributed by atoms with van der Waals surface area (Å²) in [5.74, 6) is 0.0779. The lowest BCUT2D eigenvalue weighted by Crippen LogP contribution is -2.58. The largest absolute Gasteiger partial charge is 0.390 e. The molecule has 10 atom stereocenters. The maximum Gasteiger partial charge on any atom is 0.143 e. The van der Waals surface area contributed by atoms with Crippen molar-refractivity contribution in [3.8, 4) is 0 Å². The molecule has 0 unspecified atom stereocenters. The monoisotopic (exact) mass is 492 g/mol. The van der Waals surface area contributed by atoms with Crippen LogP contribution >= 0.6 is 0 Å². The fourth-order valence-electron chi connectivity index (χ4n) is 8.81. The van der Waals surface area contributed by atoms with Crippen molar-refractivity contribution in [2.45, 2.75) is 122 Å². The molecule has 3 saturated carbocycles. The Bertz CT molecular complexity index is 871. The Hall–Kier alpha value is -0.790. The molecule has 200 valence electrons. The van der Waals surface area contributed by atoms with Gasteiger partial charge in [0.05, 0.1) is 29.5 Å². The molecule has 0 saturated heterocycles. The maximum atomic E-state index is 13.7. The van der Waals surface area contributed by atoms with Crippen molar-refractivity contribution in [3.05, 3.63) is 11.1 Å². The number of allylic oxidation sites excluding steroid dienone is 2. The van der Waals surface area contributed by atoms with Crippen LogP contribution in [0.2, 0.25) is 0 Å². The van der Waals surface area contributed by atoms with Gasteiger partial charge in [0.15, 0.2) is 0 Å². The molecular formula is C29H48O6. The molecule has 0 spiro atoms. The van der Waals surface area contributed by atoms with E-state index >= 15 is 0 Å². The number of aliphatic hydroxyl groups is 4. The predicted octanol–water partition coefficient (Wildman–Crippen LogP) is 3.78. The number of ether oxygens (including phenoxy) is 1. The lowest BCUT2D eigenvalue weighted by atomic mass is 9.46. The summed E-state index contributed by atoms with van der Waals surface area (Å²) < 4.78 is 5.64. The summed E-state index contributed by atoms with van der Waals surface area (Å²) in [6.45, 7) is 11.7. The summed E-state index contributed by atoms with van der Waals surface area (Å²) in [6, 6.07) is 0. The van der Waals surface area contributed by atoms with Crippen molar-refractivity contribution in [2.75, 3.05) is 7.11 Å². The first kappa shape index (κ1) is 27.3. The van der Waals surface area contributed by atoms with E-state index in [-0.39, 0.29) is 46.4 Å². The molecule has 4 rings (SSSR count). The van der Waals surface area contributed by atoms with Crippen LogP contribution in [0.25, 0.3) is 0 Å². The highest BCUT2D eigenvalue weighted by molar-refractivity contribution is 5.88. The van der Waals surface area contributed by atoms with Crippen molar-refractivity contribution in [2.24, 2.45) is 34.5 Å². The molecule has 0 amide bonds. The molecule has 0 aliphatic heterocycles. The van der Waals surface area contributed by atoms with Crippen LogP contribution in [0.5, 0.6) is 0 Å². The van der Waals surface area contributed by atoms with Gasteiger partial charge in [-0.1, -0.05) is 31.9 Å². The van der Waals surface area contributed by atoms with Crippen LogP contribution in [0.3, 0.4) is 0 Å². The molecule has 0 bridgehead atoms. The van der Waals surface area contributed by atoms with Gasteiger partial charge in [-0.15, -0.1) is 0 Å². The van der Waals surface area contributed by atoms with E-state index in [9.17, 15) is 25.2 Å². The predicted molar refractivity (Wildman–Crippen MR) is 135 cm³/mol. The molecular weight excluding hydrogens is 444 g/mol. The van der Waals surface area contributed by atoms with Crippen LogP contribution in [-0.4, -0.2) is 62.8 Å². The van der Waals surface area contributed by atoms with E-state index in [2.05, 4.69) is 13.8 Å². The molecule has 4 N–H and O–H groups in total. The summed E-state index contributed by atoms with van der Waals surface area (Å²) in [5, 5.41) is 43.5. The first-order valence-corrected chi connectivity index (χ1v) is 13.7. The van der Waals surface area contributed by atoms with E-state index < -0.39 is 23.4 Å². The van der Waals surface area contributed by atoms with Gasteiger partial charge in [-0.2, -0.15) is 0 Å². The molecule has 4 aliphatic carbocycles. The van der Waals surface area contributed by atoms with E-state index in [0.29, 0.717) is 25.7 Å². The second-order valence-corrected chi connectivity index (χ2v) is 13.6. The van der Waals surface area contributed by atoms with E-state index in [0.717, 1.165) is 25.7 Å². The average Bonchev–Trinajstić information content (AvgIpc) is 3.13. The molecule has 0 radical (unpaired) electrons. The molecule has 3 fully saturated rings. The molecule has 0 aromatic rings. The van der Waals surface area contributed by atoms with E-state index in [1.807, 2.05) is 6.92 Å². The summed E-state index contributed by atoms with van der Waals surface area (Å²) in [6.07, 6.45) is 3.63. The SMILES string of the molecule is CO[C@H]1C[C@@]2(C)[C@@H](C[C@H]1O)C(=O)[C@@H](C)C1=C3CC[C@H]([C@@](C)(O)[C@H](O)CCC(C)(C)O)[C@@]3(C)CC[C@@H]12. The van der Waals surface area contributed by atoms with Gasteiger partial charge in [-0.25, -0.2) is 0 Å². The van der Waals surface area contributed by atoms with Gasteiger partial charge in [0.2, 0.25) is 0 Å². The molecule has 6 nitrogen and oxygen atoms in total. The van der Waals surface area contributed by atoms with Gasteiger partial charge in [-0.05, 0) is 94.8 Å². The van der Waals surface area contributed by atoms with Gasteiger partial charge in [0.25, 0.3) is 0 Å². The highest BCUT2D eigenvalue weighted by atomic mass is 16.5. The quantitative estimate of drug-likeness (QED) is 0.421. The average molecular weight is 493 g/mol. The molecule has 4 aliphatic rings. The van der Waals surface area contributed by atoms with Crippen molar-refractivity contribution in [1.82, 2.24) is 0 Å². The van der Waals surface area contributed by atoms with Crippen LogP contribution in [-0.2, 0) is 9.53 Å². The number of carbonyl (C=O) groups is 1. The Morgan fingerprint density at radius 3 is 2.40 bits per heavy atom. The van der Waals surface area contributed by atoms with Crippen LogP contribution < -0.4 is 0 Å². The Kier molecular flexibility index (Phi) is 6.93. The van der Waals surface area contributed by atoms with E-state index in [4.69, 9.17) is 4.74 Å². The van der Waals surface area contributed by atoms with Crippen molar-refractivity contribution in [3.63, 3.8) is 0 Å². The second kappa shape index (κ2) is 8.90. The number of rotatable bonds is 6. The zero-order valence-corrected chi connectivity index (χ0v) is 22.8. The van der Waals surface area contributed by atoms with E-state index in [1.54, 1.807) is 27.9 Å². The van der Waals surface area contributed by atoms with Gasteiger partial charge in [-0.3, -0.25) is 4.79 Å². The van der Waals surface area contributed by atoms with Crippen LogP contribution in [0.4, 0.5) is 0 Å². The van der Waals surface area contributed by atoms with Crippen LogP contribution in [0.1, 0.15) is 92.9 Å². The minimum Gasteiger partial charge on any atom is -0.390 e. The van der Waals surface area contributed by atoms with Gasteiger partial charge >= 0.3 is 0 Å². The Morgan fingerprint density at radius 1 is 1.14 bits per heavy atom. The highest BCUT2D eigenvalue weighted by Gasteiger charge is 2.62. The number of aliphatic hydroxyl groups excluding tert-OH is 2. The van der Waals surface area contributed by atoms with Gasteiger partial charge in [0, 0.05) is 18.9 Å². The lowest BCUT2D eigenvalue weighted by molar-refractivity contribution is -0.157. The third-order valence-corrected chi connectivity index (χ3v) is 10.9. The number of fused-ring (bicyclic) bond motifs is 4. The number of ketones is 1. The number of Topliss-reactive ketones (excluding diaryl/α,β-unsaturated/α-hetero) is 1. The first-order valence-electron chi connectivity index (χ1n) is 13.7. The smallest absolute Gasteiger partial charge is 0.143 e. The Morgan fingerprint density at radius 2 is 1.80 bits per heavy atom. The summed E-state index contributed by atoms with van der Waals surface area (Å²) >= 11 is 0. The normalized spacial score (nSPS) is 44.4. The molecule has 35 heavy (non-hydrogen) atoms. The fraction of sp³-hybridized carbons (Fsp3) is 0.897. The highest BCUT2D eigenvalue weighted by Crippen LogP contribution is 2.66. The second-order valence-electron chi connectivity index (χ2n) is 13.6. The standard InChI is InChI=1S/C29H48O6/c1-16-24-17-8-9-22(29(6,34)23(31)11-12-26(2,3)33)27(17,4)13-10-18(24)28(5)15-21(35-7)20(30)14-19(28)25(16)32/h16,18-23,30-31,33-34H,8-15H2,1-7H3/t16-,18-,19-,20+,21-,22-,23+,27-,28+,29+/m0/s1. The summed E-state index contributed by atoms with van der Waals surface area (Å²) in [5.41, 5.74) is -0.0661. The Labute approximate surface area is 211 Å². The van der Waals surface area contributed by atoms with Crippen molar-refractivity contribution in [1.29, 1.82) is 0 Å². The first-order chi connectivity index (χ1) is 16.1. The Balaban J connectivity index is 1.69. The van der Waals surface area contributed by atoms with Crippen molar-refractivity contribution < 1.29 is 30.0 Å². The third-order valence-electron chi connectivity index (χ3n) is 10.9. The zero-order chi connectivity index (χ0) is 26.1. The minimum absolute atomic E-state index is 0.108. The van der Waals surface area contributed by atoms with E-state index in [1.165, 1.54) is 11.1 Å². The molecule has 6 heteroatoms. The minimum atomic E-state index is -1.28. The van der Waals surface area contributed by atoms with Crippen molar-refractivity contribution >= 4 is 5.78 Å². The topological polar surface area (TPSA) is 107 Å².